The van der Waals surface area contributed by atoms with Crippen molar-refractivity contribution < 1.29 is 17.9 Å². The molecule has 3 aromatic rings. The van der Waals surface area contributed by atoms with Gasteiger partial charge in [0, 0.05) is 17.0 Å². The van der Waals surface area contributed by atoms with E-state index in [4.69, 9.17) is 27.9 Å². The van der Waals surface area contributed by atoms with Crippen molar-refractivity contribution in [3.63, 3.8) is 0 Å². The molecule has 33 heavy (non-hydrogen) atoms. The summed E-state index contributed by atoms with van der Waals surface area (Å²) in [5, 5.41) is 10.6. The van der Waals surface area contributed by atoms with Crippen molar-refractivity contribution in [3.05, 3.63) is 63.1 Å². The Morgan fingerprint density at radius 2 is 1.94 bits per heavy atom. The maximum atomic E-state index is 13.1. The number of aromatic nitrogens is 2. The number of hydrogen-bond acceptors (Lipinski definition) is 7. The lowest BCUT2D eigenvalue weighted by molar-refractivity contribution is 0.0701. The van der Waals surface area contributed by atoms with Crippen LogP contribution in [0, 0.1) is 6.92 Å². The van der Waals surface area contributed by atoms with Crippen LogP contribution in [0.1, 0.15) is 47.8 Å². The first-order chi connectivity index (χ1) is 15.4. The number of carbonyl (C=O) groups is 1. The molecule has 1 aliphatic heterocycles. The molecule has 1 unspecified atom stereocenters. The third-order valence-corrected chi connectivity index (χ3v) is 8.18. The quantitative estimate of drug-likeness (QED) is 0.453. The van der Waals surface area contributed by atoms with Crippen LogP contribution in [0.2, 0.25) is 10.0 Å². The molecule has 0 saturated carbocycles. The average molecular weight is 527 g/mol. The van der Waals surface area contributed by atoms with E-state index in [0.29, 0.717) is 17.2 Å². The van der Waals surface area contributed by atoms with E-state index in [2.05, 4.69) is 20.2 Å². The first kappa shape index (κ1) is 23.9. The summed E-state index contributed by atoms with van der Waals surface area (Å²) >= 11 is 12.7. The highest BCUT2D eigenvalue weighted by molar-refractivity contribution is 7.91. The molecule has 2 heterocycles. The largest absolute Gasteiger partial charge is 0.487 e. The molecule has 0 radical (unpaired) electrons. The summed E-state index contributed by atoms with van der Waals surface area (Å²) in [6.07, 6.45) is 0.430. The van der Waals surface area contributed by atoms with Crippen LogP contribution < -0.4 is 14.8 Å². The Hall–Kier alpha value is -2.24. The van der Waals surface area contributed by atoms with Crippen molar-refractivity contribution >= 4 is 55.6 Å². The molecule has 12 heteroatoms. The van der Waals surface area contributed by atoms with E-state index in [1.807, 2.05) is 39.0 Å². The van der Waals surface area contributed by atoms with Gasteiger partial charge in [0.2, 0.25) is 9.47 Å². The van der Waals surface area contributed by atoms with Crippen LogP contribution in [0.3, 0.4) is 0 Å². The molecule has 2 aromatic carbocycles. The lowest BCUT2D eigenvalue weighted by atomic mass is 9.90. The van der Waals surface area contributed by atoms with Gasteiger partial charge in [0.25, 0.3) is 15.9 Å². The van der Waals surface area contributed by atoms with Gasteiger partial charge in [0.15, 0.2) is 0 Å². The van der Waals surface area contributed by atoms with Gasteiger partial charge >= 0.3 is 0 Å². The van der Waals surface area contributed by atoms with Crippen molar-refractivity contribution in [1.82, 2.24) is 14.9 Å². The average Bonchev–Trinajstić information content (AvgIpc) is 3.15. The Morgan fingerprint density at radius 3 is 2.67 bits per heavy atom. The predicted molar refractivity (Wildman–Crippen MR) is 128 cm³/mol. The summed E-state index contributed by atoms with van der Waals surface area (Å²) in [6, 6.07) is 9.56. The van der Waals surface area contributed by atoms with Gasteiger partial charge in [-0.2, -0.15) is 0 Å². The fraction of sp³-hybridized carbons (Fsp3) is 0.286. The van der Waals surface area contributed by atoms with Gasteiger partial charge in [-0.15, -0.1) is 10.2 Å². The first-order valence-electron chi connectivity index (χ1n) is 9.85. The third kappa shape index (κ3) is 5.30. The maximum Gasteiger partial charge on any atom is 0.270 e. The number of benzene rings is 2. The zero-order valence-electron chi connectivity index (χ0n) is 17.8. The normalized spacial score (nSPS) is 17.2. The standard InChI is InChI=1S/C21H20Cl2N4O4S2/c1-11-4-6-14-16(10-21(2,3)31-17(14)8-11)27-33(29,30)20-26-25-19(32-20)24-18(28)13-7-5-12(22)9-15(13)23/h4-9,16,27H,10H2,1-3H3,(H,24,25,28). The van der Waals surface area contributed by atoms with Gasteiger partial charge in [0.05, 0.1) is 16.6 Å². The molecule has 2 N–H and O–H groups in total. The highest BCUT2D eigenvalue weighted by Gasteiger charge is 2.37. The van der Waals surface area contributed by atoms with Crippen molar-refractivity contribution in [2.24, 2.45) is 0 Å². The van der Waals surface area contributed by atoms with E-state index in [1.165, 1.54) is 18.2 Å². The molecule has 4 rings (SSSR count). The van der Waals surface area contributed by atoms with Crippen LogP contribution in [0.4, 0.5) is 5.13 Å². The number of nitrogens with one attached hydrogen (secondary N) is 2. The Bertz CT molecular complexity index is 1340. The minimum absolute atomic E-state index is 0.0229. The number of fused-ring (bicyclic) bond motifs is 1. The fourth-order valence-corrected chi connectivity index (χ4v) is 6.13. The van der Waals surface area contributed by atoms with Gasteiger partial charge in [0.1, 0.15) is 11.4 Å². The second-order valence-electron chi connectivity index (χ2n) is 8.23. The van der Waals surface area contributed by atoms with Crippen LogP contribution in [-0.2, 0) is 10.0 Å². The molecule has 1 amide bonds. The molecule has 0 fully saturated rings. The van der Waals surface area contributed by atoms with Gasteiger partial charge < -0.3 is 4.74 Å². The van der Waals surface area contributed by atoms with Crippen LogP contribution >= 0.6 is 34.5 Å². The zero-order valence-corrected chi connectivity index (χ0v) is 21.0. The predicted octanol–water partition coefficient (Wildman–Crippen LogP) is 4.99. The molecule has 8 nitrogen and oxygen atoms in total. The number of nitrogens with zero attached hydrogens (tertiary/aromatic N) is 2. The Labute approximate surface area is 205 Å². The number of carbonyl (C=O) groups excluding carboxylic acids is 1. The number of rotatable bonds is 5. The smallest absolute Gasteiger partial charge is 0.270 e. The van der Waals surface area contributed by atoms with Crippen LogP contribution in [-0.4, -0.2) is 30.1 Å². The van der Waals surface area contributed by atoms with Crippen molar-refractivity contribution in [1.29, 1.82) is 0 Å². The minimum Gasteiger partial charge on any atom is -0.487 e. The molecule has 0 spiro atoms. The Morgan fingerprint density at radius 1 is 1.18 bits per heavy atom. The number of anilines is 1. The van der Waals surface area contributed by atoms with Crippen molar-refractivity contribution in [3.8, 4) is 5.75 Å². The van der Waals surface area contributed by atoms with E-state index in [-0.39, 0.29) is 20.1 Å². The molecule has 1 aliphatic rings. The lowest BCUT2D eigenvalue weighted by Gasteiger charge is -2.37. The molecule has 0 saturated heterocycles. The SMILES string of the molecule is Cc1ccc2c(c1)OC(C)(C)CC2NS(=O)(=O)c1nnc(NC(=O)c2ccc(Cl)cc2Cl)s1. The molecule has 1 aromatic heterocycles. The number of sulfonamides is 1. The summed E-state index contributed by atoms with van der Waals surface area (Å²) < 4.78 is 34.6. The first-order valence-corrected chi connectivity index (χ1v) is 12.9. The molecule has 0 aliphatic carbocycles. The zero-order chi connectivity index (χ0) is 24.0. The van der Waals surface area contributed by atoms with E-state index in [1.54, 1.807) is 0 Å². The van der Waals surface area contributed by atoms with Crippen molar-refractivity contribution in [2.75, 3.05) is 5.32 Å². The molecule has 0 bridgehead atoms. The van der Waals surface area contributed by atoms with Gasteiger partial charge in [-0.05, 0) is 50.6 Å². The second kappa shape index (κ2) is 8.84. The van der Waals surface area contributed by atoms with E-state index in [0.717, 1.165) is 22.5 Å². The number of hydrogen-bond donors (Lipinski definition) is 2. The molecular weight excluding hydrogens is 507 g/mol. The van der Waals surface area contributed by atoms with Crippen LogP contribution in [0.5, 0.6) is 5.75 Å². The highest BCUT2D eigenvalue weighted by atomic mass is 35.5. The second-order valence-corrected chi connectivity index (χ2v) is 11.9. The highest BCUT2D eigenvalue weighted by Crippen LogP contribution is 2.40. The maximum absolute atomic E-state index is 13.1. The summed E-state index contributed by atoms with van der Waals surface area (Å²) in [7, 11) is -4.01. The topological polar surface area (TPSA) is 110 Å². The summed E-state index contributed by atoms with van der Waals surface area (Å²) in [5.41, 5.74) is 1.37. The fourth-order valence-electron chi connectivity index (χ4n) is 3.51. The minimum atomic E-state index is -4.01. The molecule has 1 atom stereocenters. The van der Waals surface area contributed by atoms with Crippen LogP contribution in [0.15, 0.2) is 40.7 Å². The number of halogens is 2. The summed E-state index contributed by atoms with van der Waals surface area (Å²) in [4.78, 5) is 12.5. The van der Waals surface area contributed by atoms with Gasteiger partial charge in [-0.1, -0.05) is 46.7 Å². The number of amides is 1. The Kier molecular flexibility index (Phi) is 6.41. The van der Waals surface area contributed by atoms with Crippen LogP contribution in [0.25, 0.3) is 0 Å². The molecular formula is C21H20Cl2N4O4S2. The lowest BCUT2D eigenvalue weighted by Crippen LogP contribution is -2.41. The summed E-state index contributed by atoms with van der Waals surface area (Å²) in [6.45, 7) is 5.75. The third-order valence-electron chi connectivity index (χ3n) is 4.96. The molecule has 174 valence electrons. The van der Waals surface area contributed by atoms with Gasteiger partial charge in [-0.3, -0.25) is 10.1 Å². The van der Waals surface area contributed by atoms with E-state index < -0.39 is 27.6 Å². The monoisotopic (exact) mass is 526 g/mol. The van der Waals surface area contributed by atoms with Crippen molar-refractivity contribution in [2.45, 2.75) is 43.2 Å². The summed E-state index contributed by atoms with van der Waals surface area (Å²) in [5.74, 6) is 0.0872. The van der Waals surface area contributed by atoms with Gasteiger partial charge in [-0.25, -0.2) is 13.1 Å². The van der Waals surface area contributed by atoms with E-state index in [9.17, 15) is 13.2 Å². The Balaban J connectivity index is 1.54. The number of ether oxygens (including phenoxy) is 1. The number of aryl methyl sites for hydroxylation is 1. The van der Waals surface area contributed by atoms with E-state index >= 15 is 0 Å².